The molecule has 2 heterocycles. The lowest BCUT2D eigenvalue weighted by Crippen LogP contribution is -2.42. The fraction of sp³-hybridized carbons (Fsp3) is 0.407. The van der Waals surface area contributed by atoms with E-state index >= 15 is 0 Å². The Hall–Kier alpha value is -2.76. The fourth-order valence-electron chi connectivity index (χ4n) is 4.93. The second kappa shape index (κ2) is 8.64. The molecule has 5 rings (SSSR count). The molecule has 0 spiro atoms. The third-order valence-electron chi connectivity index (χ3n) is 7.20. The van der Waals surface area contributed by atoms with E-state index in [1.165, 1.54) is 6.42 Å². The van der Waals surface area contributed by atoms with E-state index < -0.39 is 5.41 Å². The molecule has 5 nitrogen and oxygen atoms in total. The molecule has 166 valence electrons. The number of aromatic nitrogens is 1. The molecule has 1 aromatic heterocycles. The highest BCUT2D eigenvalue weighted by Crippen LogP contribution is 2.48. The number of pyridine rings is 1. The summed E-state index contributed by atoms with van der Waals surface area (Å²) in [5, 5.41) is 4.53. The van der Waals surface area contributed by atoms with Gasteiger partial charge in [0, 0.05) is 24.5 Å². The molecule has 2 aromatic carbocycles. The van der Waals surface area contributed by atoms with Crippen molar-refractivity contribution in [2.75, 3.05) is 33.7 Å². The molecule has 1 aliphatic carbocycles. The maximum absolute atomic E-state index is 13.6. The monoisotopic (exact) mass is 428 g/mol. The first-order valence-electron chi connectivity index (χ1n) is 11.7. The van der Waals surface area contributed by atoms with Gasteiger partial charge in [0.05, 0.1) is 22.7 Å². The molecule has 32 heavy (non-hydrogen) atoms. The molecule has 1 N–H and O–H groups in total. The quantitative estimate of drug-likeness (QED) is 0.623. The van der Waals surface area contributed by atoms with Gasteiger partial charge in [0.2, 0.25) is 5.91 Å². The van der Waals surface area contributed by atoms with Crippen molar-refractivity contribution in [3.05, 3.63) is 78.0 Å². The lowest BCUT2D eigenvalue weighted by atomic mass is 9.97. The van der Waals surface area contributed by atoms with Crippen LogP contribution in [0.3, 0.4) is 0 Å². The lowest BCUT2D eigenvalue weighted by Gasteiger charge is -2.28. The molecule has 3 aromatic rings. The zero-order chi connectivity index (χ0) is 22.1. The Morgan fingerprint density at radius 3 is 2.56 bits per heavy atom. The van der Waals surface area contributed by atoms with Crippen molar-refractivity contribution in [1.29, 1.82) is 0 Å². The summed E-state index contributed by atoms with van der Waals surface area (Å²) in [4.78, 5) is 23.3. The normalized spacial score (nSPS) is 21.0. The van der Waals surface area contributed by atoms with E-state index in [2.05, 4.69) is 65.6 Å². The van der Waals surface area contributed by atoms with Crippen LogP contribution in [0.4, 0.5) is 0 Å². The minimum atomic E-state index is -0.492. The van der Waals surface area contributed by atoms with Gasteiger partial charge in [0.25, 0.3) is 0 Å². The second-order valence-corrected chi connectivity index (χ2v) is 9.57. The number of likely N-dealkylation sites (N-methyl/N-ethyl adjacent to an activating group) is 1. The van der Waals surface area contributed by atoms with Crippen LogP contribution in [0.15, 0.2) is 66.7 Å². The smallest absolute Gasteiger partial charge is 0.232 e. The predicted octanol–water partition coefficient (Wildman–Crippen LogP) is 3.76. The van der Waals surface area contributed by atoms with Crippen LogP contribution in [-0.4, -0.2) is 60.5 Å². The van der Waals surface area contributed by atoms with Crippen LogP contribution in [0.25, 0.3) is 10.9 Å². The number of hydrogen-bond acceptors (Lipinski definition) is 4. The second-order valence-electron chi connectivity index (χ2n) is 9.57. The number of amides is 1. The van der Waals surface area contributed by atoms with Crippen molar-refractivity contribution in [1.82, 2.24) is 20.1 Å². The minimum absolute atomic E-state index is 0.0254. The molecule has 1 aliphatic heterocycles. The summed E-state index contributed by atoms with van der Waals surface area (Å²) >= 11 is 0. The first-order valence-corrected chi connectivity index (χ1v) is 11.7. The highest BCUT2D eigenvalue weighted by molar-refractivity contribution is 5.92. The van der Waals surface area contributed by atoms with Crippen molar-refractivity contribution in [2.45, 2.75) is 36.8 Å². The van der Waals surface area contributed by atoms with E-state index in [9.17, 15) is 4.79 Å². The van der Waals surface area contributed by atoms with Crippen LogP contribution < -0.4 is 5.32 Å². The number of carbonyl (C=O) groups is 1. The summed E-state index contributed by atoms with van der Waals surface area (Å²) in [5.74, 6) is 0.109. The van der Waals surface area contributed by atoms with Gasteiger partial charge < -0.3 is 10.2 Å². The molecule has 0 unspecified atom stereocenters. The van der Waals surface area contributed by atoms with Crippen molar-refractivity contribution >= 4 is 16.8 Å². The number of fused-ring (bicyclic) bond motifs is 1. The van der Waals surface area contributed by atoms with E-state index in [4.69, 9.17) is 4.98 Å². The van der Waals surface area contributed by atoms with Crippen molar-refractivity contribution in [3.8, 4) is 0 Å². The molecule has 2 fully saturated rings. The van der Waals surface area contributed by atoms with Gasteiger partial charge in [-0.2, -0.15) is 0 Å². The van der Waals surface area contributed by atoms with E-state index in [0.29, 0.717) is 6.04 Å². The Labute approximate surface area is 190 Å². The van der Waals surface area contributed by atoms with Crippen LogP contribution in [0.5, 0.6) is 0 Å². The summed E-state index contributed by atoms with van der Waals surface area (Å²) in [6.07, 6.45) is 2.89. The van der Waals surface area contributed by atoms with Crippen molar-refractivity contribution in [3.63, 3.8) is 0 Å². The van der Waals surface area contributed by atoms with E-state index in [0.717, 1.165) is 54.6 Å². The van der Waals surface area contributed by atoms with Gasteiger partial charge in [-0.3, -0.25) is 14.7 Å². The molecule has 1 saturated carbocycles. The first-order chi connectivity index (χ1) is 15.5. The number of likely N-dealkylation sites (tertiary alicyclic amines) is 1. The van der Waals surface area contributed by atoms with Gasteiger partial charge in [0.15, 0.2) is 0 Å². The summed E-state index contributed by atoms with van der Waals surface area (Å²) in [7, 11) is 4.30. The Morgan fingerprint density at radius 1 is 1.09 bits per heavy atom. The topological polar surface area (TPSA) is 48.5 Å². The number of benzene rings is 2. The first kappa shape index (κ1) is 21.1. The van der Waals surface area contributed by atoms with Gasteiger partial charge in [-0.1, -0.05) is 54.6 Å². The summed E-state index contributed by atoms with van der Waals surface area (Å²) in [6.45, 7) is 2.95. The van der Waals surface area contributed by atoms with Crippen molar-refractivity contribution < 1.29 is 4.79 Å². The number of nitrogens with zero attached hydrogens (tertiary/aromatic N) is 3. The molecule has 0 bridgehead atoms. The Morgan fingerprint density at radius 2 is 1.84 bits per heavy atom. The average Bonchev–Trinajstić information content (AvgIpc) is 3.50. The SMILES string of the molecule is CN(C)[C@H]1CCN(C[C@@H](NC(=O)C2(c3ccc4ccccc4n3)CC2)c2ccccc2)C1. The Bertz CT molecular complexity index is 1090. The zero-order valence-electron chi connectivity index (χ0n) is 19.0. The minimum Gasteiger partial charge on any atom is -0.347 e. The van der Waals surface area contributed by atoms with Gasteiger partial charge in [0.1, 0.15) is 0 Å². The zero-order valence-corrected chi connectivity index (χ0v) is 19.0. The number of rotatable bonds is 7. The summed E-state index contributed by atoms with van der Waals surface area (Å²) in [5.41, 5.74) is 2.52. The van der Waals surface area contributed by atoms with Crippen LogP contribution >= 0.6 is 0 Å². The maximum Gasteiger partial charge on any atom is 0.232 e. The van der Waals surface area contributed by atoms with Crippen LogP contribution in [0, 0.1) is 0 Å². The van der Waals surface area contributed by atoms with Crippen molar-refractivity contribution in [2.24, 2.45) is 0 Å². The number of nitrogens with one attached hydrogen (secondary N) is 1. The van der Waals surface area contributed by atoms with Crippen LogP contribution in [-0.2, 0) is 10.2 Å². The molecule has 5 heteroatoms. The van der Waals surface area contributed by atoms with Gasteiger partial charge >= 0.3 is 0 Å². The van der Waals surface area contributed by atoms with E-state index in [1.54, 1.807) is 0 Å². The molecule has 1 saturated heterocycles. The lowest BCUT2D eigenvalue weighted by molar-refractivity contribution is -0.124. The molecule has 2 aliphatic rings. The Kier molecular flexibility index (Phi) is 5.70. The van der Waals surface area contributed by atoms with Gasteiger partial charge in [-0.05, 0) is 57.6 Å². The average molecular weight is 429 g/mol. The van der Waals surface area contributed by atoms with Gasteiger partial charge in [-0.15, -0.1) is 0 Å². The largest absolute Gasteiger partial charge is 0.347 e. The molecular weight excluding hydrogens is 396 g/mol. The maximum atomic E-state index is 13.6. The number of para-hydroxylation sites is 1. The standard InChI is InChI=1S/C27H32N4O/c1-30(2)22-14-17-31(18-22)19-24(20-8-4-3-5-9-20)29-26(32)27(15-16-27)25-13-12-21-10-6-7-11-23(21)28-25/h3-13,22,24H,14-19H2,1-2H3,(H,29,32)/t22-,24+/m0/s1. The summed E-state index contributed by atoms with van der Waals surface area (Å²) < 4.78 is 0. The molecule has 0 radical (unpaired) electrons. The third kappa shape index (κ3) is 4.15. The van der Waals surface area contributed by atoms with Gasteiger partial charge in [-0.25, -0.2) is 0 Å². The highest BCUT2D eigenvalue weighted by Gasteiger charge is 2.53. The highest BCUT2D eigenvalue weighted by atomic mass is 16.2. The fourth-order valence-corrected chi connectivity index (χ4v) is 4.93. The molecule has 2 atom stereocenters. The number of hydrogen-bond donors (Lipinski definition) is 1. The Balaban J connectivity index is 1.36. The van der Waals surface area contributed by atoms with Crippen LogP contribution in [0.2, 0.25) is 0 Å². The summed E-state index contributed by atoms with van der Waals surface area (Å²) in [6, 6.07) is 23.2. The third-order valence-corrected chi connectivity index (χ3v) is 7.20. The predicted molar refractivity (Wildman–Crippen MR) is 129 cm³/mol. The van der Waals surface area contributed by atoms with Crippen LogP contribution in [0.1, 0.15) is 36.6 Å². The van der Waals surface area contributed by atoms with E-state index in [-0.39, 0.29) is 11.9 Å². The molecular formula is C27H32N4O. The number of carbonyl (C=O) groups excluding carboxylic acids is 1. The molecule has 1 amide bonds. The van der Waals surface area contributed by atoms with E-state index in [1.807, 2.05) is 30.3 Å².